The lowest BCUT2D eigenvalue weighted by Crippen LogP contribution is -2.44. The number of hydrogen-bond acceptors (Lipinski definition) is 5. The molecule has 122 valence electrons. The minimum atomic E-state index is 0.531. The Morgan fingerprint density at radius 2 is 2.00 bits per heavy atom. The average molecular weight is 312 g/mol. The fourth-order valence-electron chi connectivity index (χ4n) is 3.71. The van der Waals surface area contributed by atoms with Crippen molar-refractivity contribution in [1.29, 1.82) is 0 Å². The van der Waals surface area contributed by atoms with E-state index in [0.29, 0.717) is 5.92 Å². The van der Waals surface area contributed by atoms with Crippen LogP contribution >= 0.6 is 0 Å². The zero-order valence-electron chi connectivity index (χ0n) is 13.7. The number of hydrogen-bond donors (Lipinski definition) is 0. The van der Waals surface area contributed by atoms with Crippen molar-refractivity contribution in [3.63, 3.8) is 0 Å². The molecule has 1 fully saturated rings. The predicted molar refractivity (Wildman–Crippen MR) is 88.3 cm³/mol. The summed E-state index contributed by atoms with van der Waals surface area (Å²) in [7, 11) is 2.17. The molecule has 4 rings (SSSR count). The molecule has 1 aliphatic heterocycles. The predicted octanol–water partition coefficient (Wildman–Crippen LogP) is 2.09. The highest BCUT2D eigenvalue weighted by atomic mass is 16.5. The van der Waals surface area contributed by atoms with Gasteiger partial charge in [0.25, 0.3) is 0 Å². The summed E-state index contributed by atoms with van der Waals surface area (Å²) in [6, 6.07) is 8.74. The van der Waals surface area contributed by atoms with Crippen LogP contribution < -0.4 is 0 Å². The quantitative estimate of drug-likeness (QED) is 0.865. The summed E-state index contributed by atoms with van der Waals surface area (Å²) in [5, 5.41) is 4.19. The fraction of sp³-hybridized carbons (Fsp3) is 0.556. The number of rotatable bonds is 4. The van der Waals surface area contributed by atoms with Crippen molar-refractivity contribution in [3.8, 4) is 0 Å². The van der Waals surface area contributed by atoms with Crippen molar-refractivity contribution >= 4 is 0 Å². The van der Waals surface area contributed by atoms with Crippen LogP contribution in [0, 0.1) is 0 Å². The molecule has 1 aromatic carbocycles. The molecule has 2 aliphatic rings. The van der Waals surface area contributed by atoms with Gasteiger partial charge in [0.15, 0.2) is 5.82 Å². The third kappa shape index (κ3) is 3.31. The molecule has 1 saturated heterocycles. The van der Waals surface area contributed by atoms with E-state index in [4.69, 9.17) is 4.52 Å². The zero-order chi connectivity index (χ0) is 15.6. The summed E-state index contributed by atoms with van der Waals surface area (Å²) in [6.45, 7) is 5.19. The first-order valence-electron chi connectivity index (χ1n) is 8.58. The minimum Gasteiger partial charge on any atom is -0.339 e. The van der Waals surface area contributed by atoms with Gasteiger partial charge < -0.3 is 9.42 Å². The first kappa shape index (κ1) is 14.8. The zero-order valence-corrected chi connectivity index (χ0v) is 13.7. The van der Waals surface area contributed by atoms with Crippen molar-refractivity contribution in [1.82, 2.24) is 19.9 Å². The maximum absolute atomic E-state index is 5.51. The molecule has 5 heteroatoms. The summed E-state index contributed by atoms with van der Waals surface area (Å²) in [5.41, 5.74) is 2.95. The summed E-state index contributed by atoms with van der Waals surface area (Å²) in [6.07, 6.45) is 3.23. The lowest BCUT2D eigenvalue weighted by Gasteiger charge is -2.31. The van der Waals surface area contributed by atoms with Crippen molar-refractivity contribution in [2.75, 3.05) is 33.2 Å². The molecule has 0 spiro atoms. The minimum absolute atomic E-state index is 0.531. The van der Waals surface area contributed by atoms with Gasteiger partial charge in [0.1, 0.15) is 0 Å². The standard InChI is InChI=1S/C18H24N4O/c1-21-8-10-22(11-9-21)13-17-19-18(23-20-17)12-15-7-6-14-4-2-3-5-16(14)15/h2-5,15H,6-13H2,1H3/t15-/m0/s1. The van der Waals surface area contributed by atoms with Crippen molar-refractivity contribution in [2.45, 2.75) is 31.7 Å². The Kier molecular flexibility index (Phi) is 4.14. The smallest absolute Gasteiger partial charge is 0.227 e. The first-order chi connectivity index (χ1) is 11.3. The van der Waals surface area contributed by atoms with Crippen LogP contribution in [0.2, 0.25) is 0 Å². The number of likely N-dealkylation sites (N-methyl/N-ethyl adjacent to an activating group) is 1. The SMILES string of the molecule is CN1CCN(Cc2noc(C[C@@H]3CCc4ccccc43)n2)CC1. The summed E-state index contributed by atoms with van der Waals surface area (Å²) >= 11 is 0. The molecule has 2 aromatic rings. The topological polar surface area (TPSA) is 45.4 Å². The third-order valence-electron chi connectivity index (χ3n) is 5.15. The van der Waals surface area contributed by atoms with E-state index in [1.807, 2.05) is 0 Å². The van der Waals surface area contributed by atoms with E-state index in [9.17, 15) is 0 Å². The average Bonchev–Trinajstić information content (AvgIpc) is 3.18. The molecule has 23 heavy (non-hydrogen) atoms. The normalized spacial score (nSPS) is 22.4. The molecular weight excluding hydrogens is 288 g/mol. The van der Waals surface area contributed by atoms with Crippen molar-refractivity contribution in [2.24, 2.45) is 0 Å². The van der Waals surface area contributed by atoms with E-state index in [-0.39, 0.29) is 0 Å². The van der Waals surface area contributed by atoms with Gasteiger partial charge in [0.2, 0.25) is 5.89 Å². The van der Waals surface area contributed by atoms with E-state index < -0.39 is 0 Å². The van der Waals surface area contributed by atoms with Crippen LogP contribution in [0.5, 0.6) is 0 Å². The summed E-state index contributed by atoms with van der Waals surface area (Å²) < 4.78 is 5.51. The van der Waals surface area contributed by atoms with Crippen LogP contribution in [0.1, 0.15) is 35.2 Å². The molecule has 0 saturated carbocycles. The fourth-order valence-corrected chi connectivity index (χ4v) is 3.71. The largest absolute Gasteiger partial charge is 0.339 e. The number of piperazine rings is 1. The van der Waals surface area contributed by atoms with Gasteiger partial charge in [-0.15, -0.1) is 0 Å². The Balaban J connectivity index is 1.37. The Hall–Kier alpha value is -1.72. The van der Waals surface area contributed by atoms with Gasteiger partial charge >= 0.3 is 0 Å². The molecule has 1 aliphatic carbocycles. The maximum atomic E-state index is 5.51. The molecule has 0 N–H and O–H groups in total. The van der Waals surface area contributed by atoms with Gasteiger partial charge in [-0.1, -0.05) is 29.4 Å². The molecule has 0 radical (unpaired) electrons. The highest BCUT2D eigenvalue weighted by molar-refractivity contribution is 5.35. The van der Waals surface area contributed by atoms with Crippen LogP contribution in [0.15, 0.2) is 28.8 Å². The van der Waals surface area contributed by atoms with Gasteiger partial charge in [-0.05, 0) is 36.9 Å². The van der Waals surface area contributed by atoms with Crippen LogP contribution in [0.3, 0.4) is 0 Å². The van der Waals surface area contributed by atoms with Crippen LogP contribution in [-0.2, 0) is 19.4 Å². The van der Waals surface area contributed by atoms with E-state index in [1.165, 1.54) is 24.0 Å². The second kappa shape index (κ2) is 6.42. The van der Waals surface area contributed by atoms with E-state index in [0.717, 1.165) is 50.9 Å². The van der Waals surface area contributed by atoms with Crippen molar-refractivity contribution in [3.05, 3.63) is 47.1 Å². The Morgan fingerprint density at radius 1 is 1.17 bits per heavy atom. The molecule has 0 bridgehead atoms. The van der Waals surface area contributed by atoms with Crippen LogP contribution in [0.25, 0.3) is 0 Å². The molecule has 0 amide bonds. The lowest BCUT2D eigenvalue weighted by molar-refractivity contribution is 0.144. The van der Waals surface area contributed by atoms with Crippen LogP contribution in [-0.4, -0.2) is 53.2 Å². The Labute approximate surface area is 137 Å². The van der Waals surface area contributed by atoms with Gasteiger partial charge in [-0.3, -0.25) is 4.90 Å². The second-order valence-corrected chi connectivity index (χ2v) is 6.82. The highest BCUT2D eigenvalue weighted by Gasteiger charge is 2.24. The number of fused-ring (bicyclic) bond motifs is 1. The number of aryl methyl sites for hydroxylation is 1. The highest BCUT2D eigenvalue weighted by Crippen LogP contribution is 2.34. The Morgan fingerprint density at radius 3 is 2.87 bits per heavy atom. The van der Waals surface area contributed by atoms with Gasteiger partial charge in [-0.25, -0.2) is 0 Å². The van der Waals surface area contributed by atoms with E-state index in [1.54, 1.807) is 0 Å². The summed E-state index contributed by atoms with van der Waals surface area (Å²) in [5.74, 6) is 2.15. The summed E-state index contributed by atoms with van der Waals surface area (Å²) in [4.78, 5) is 9.39. The van der Waals surface area contributed by atoms with E-state index in [2.05, 4.69) is 51.3 Å². The van der Waals surface area contributed by atoms with Crippen LogP contribution in [0.4, 0.5) is 0 Å². The van der Waals surface area contributed by atoms with Gasteiger partial charge in [-0.2, -0.15) is 4.98 Å². The number of nitrogens with zero attached hydrogens (tertiary/aromatic N) is 4. The maximum Gasteiger partial charge on any atom is 0.227 e. The van der Waals surface area contributed by atoms with Gasteiger partial charge in [0, 0.05) is 32.6 Å². The number of aromatic nitrogens is 2. The molecule has 1 atom stereocenters. The molecule has 0 unspecified atom stereocenters. The molecule has 1 aromatic heterocycles. The molecule has 5 nitrogen and oxygen atoms in total. The monoisotopic (exact) mass is 312 g/mol. The van der Waals surface area contributed by atoms with E-state index >= 15 is 0 Å². The second-order valence-electron chi connectivity index (χ2n) is 6.82. The Bertz CT molecular complexity index is 661. The number of benzene rings is 1. The van der Waals surface area contributed by atoms with Crippen molar-refractivity contribution < 1.29 is 4.52 Å². The third-order valence-corrected chi connectivity index (χ3v) is 5.15. The lowest BCUT2D eigenvalue weighted by atomic mass is 9.98. The van der Waals surface area contributed by atoms with Gasteiger partial charge in [0.05, 0.1) is 6.54 Å². The molecule has 2 heterocycles. The first-order valence-corrected chi connectivity index (χ1v) is 8.58. The molecular formula is C18H24N4O.